The van der Waals surface area contributed by atoms with Gasteiger partial charge < -0.3 is 10.1 Å². The van der Waals surface area contributed by atoms with Gasteiger partial charge in [-0.15, -0.1) is 0 Å². The Morgan fingerprint density at radius 2 is 1.83 bits per heavy atom. The van der Waals surface area contributed by atoms with Gasteiger partial charge in [-0.3, -0.25) is 15.2 Å². The topological polar surface area (TPSA) is 113 Å². The largest absolute Gasteiger partial charge is 0.451 e. The van der Waals surface area contributed by atoms with Gasteiger partial charge >= 0.3 is 12.0 Å². The maximum Gasteiger partial charge on any atom is 0.356 e. The van der Waals surface area contributed by atoms with E-state index in [0.717, 1.165) is 16.1 Å². The molecule has 0 saturated heterocycles. The molecule has 0 saturated carbocycles. The molecule has 1 heterocycles. The van der Waals surface area contributed by atoms with E-state index in [1.807, 2.05) is 29.6 Å². The molecule has 10 heteroatoms. The van der Waals surface area contributed by atoms with E-state index in [1.165, 1.54) is 24.3 Å². The van der Waals surface area contributed by atoms with E-state index in [9.17, 15) is 18.8 Å². The second-order valence-corrected chi connectivity index (χ2v) is 6.65. The Bertz CT molecular complexity index is 1050. The smallest absolute Gasteiger partial charge is 0.356 e. The lowest BCUT2D eigenvalue weighted by atomic mass is 10.1. The van der Waals surface area contributed by atoms with Gasteiger partial charge in [-0.25, -0.2) is 14.0 Å². The van der Waals surface area contributed by atoms with Gasteiger partial charge in [-0.2, -0.15) is 5.10 Å². The van der Waals surface area contributed by atoms with E-state index in [-0.39, 0.29) is 11.4 Å². The van der Waals surface area contributed by atoms with E-state index in [1.54, 1.807) is 0 Å². The van der Waals surface area contributed by atoms with Gasteiger partial charge in [0.1, 0.15) is 11.5 Å². The molecule has 0 aliphatic carbocycles. The van der Waals surface area contributed by atoms with Crippen LogP contribution in [0.25, 0.3) is 11.3 Å². The molecule has 0 atom stereocenters. The van der Waals surface area contributed by atoms with Crippen molar-refractivity contribution in [2.45, 2.75) is 0 Å². The van der Waals surface area contributed by atoms with E-state index in [4.69, 9.17) is 4.74 Å². The quantitative estimate of drug-likeness (QED) is 0.504. The first-order valence-corrected chi connectivity index (χ1v) is 9.05. The zero-order valence-corrected chi connectivity index (χ0v) is 16.3. The van der Waals surface area contributed by atoms with Crippen LogP contribution in [0.5, 0.6) is 0 Å². The number of para-hydroxylation sites is 1. The number of urea groups is 1. The van der Waals surface area contributed by atoms with Crippen LogP contribution in [-0.4, -0.2) is 34.7 Å². The number of carbonyl (C=O) groups excluding carboxylic acids is 3. The Morgan fingerprint density at radius 3 is 2.55 bits per heavy atom. The minimum Gasteiger partial charge on any atom is -0.451 e. The summed E-state index contributed by atoms with van der Waals surface area (Å²) in [6.07, 6.45) is 0. The molecule has 0 fully saturated rings. The highest BCUT2D eigenvalue weighted by Crippen LogP contribution is 2.20. The summed E-state index contributed by atoms with van der Waals surface area (Å²) in [6, 6.07) is 13.3. The average Bonchev–Trinajstić information content (AvgIpc) is 3.19. The molecule has 29 heavy (non-hydrogen) atoms. The fourth-order valence-corrected chi connectivity index (χ4v) is 2.55. The van der Waals surface area contributed by atoms with Gasteiger partial charge in [0.2, 0.25) is 0 Å². The number of aromatic amines is 1. The van der Waals surface area contributed by atoms with Gasteiger partial charge in [0.25, 0.3) is 5.91 Å². The van der Waals surface area contributed by atoms with E-state index >= 15 is 0 Å². The summed E-state index contributed by atoms with van der Waals surface area (Å²) in [4.78, 5) is 35.5. The third-order valence-corrected chi connectivity index (χ3v) is 4.18. The molecule has 1 aromatic heterocycles. The second-order valence-electron chi connectivity index (χ2n) is 5.73. The average molecular weight is 461 g/mol. The lowest BCUT2D eigenvalue weighted by molar-refractivity contribution is -0.123. The van der Waals surface area contributed by atoms with Crippen molar-refractivity contribution in [2.24, 2.45) is 0 Å². The Balaban J connectivity index is 1.50. The number of anilines is 1. The molecular weight excluding hydrogens is 447 g/mol. The van der Waals surface area contributed by atoms with Crippen LogP contribution in [0.15, 0.2) is 59.1 Å². The van der Waals surface area contributed by atoms with Crippen molar-refractivity contribution in [3.63, 3.8) is 0 Å². The van der Waals surface area contributed by atoms with Crippen LogP contribution in [0.4, 0.5) is 14.9 Å². The third kappa shape index (κ3) is 5.48. The Kier molecular flexibility index (Phi) is 6.35. The summed E-state index contributed by atoms with van der Waals surface area (Å²) in [7, 11) is 0. The Hall–Kier alpha value is -3.53. The van der Waals surface area contributed by atoms with E-state index < -0.39 is 30.3 Å². The molecule has 2 aromatic carbocycles. The molecule has 0 aliphatic heterocycles. The second kappa shape index (κ2) is 9.11. The number of hydrogen-bond acceptors (Lipinski definition) is 5. The predicted octanol–water partition coefficient (Wildman–Crippen LogP) is 3.48. The molecule has 148 valence electrons. The lowest BCUT2D eigenvalue weighted by Gasteiger charge is -2.07. The van der Waals surface area contributed by atoms with Gasteiger partial charge in [0.05, 0.1) is 11.4 Å². The minimum absolute atomic E-state index is 0.0477. The summed E-state index contributed by atoms with van der Waals surface area (Å²) in [5.41, 5.74) is 1.27. The van der Waals surface area contributed by atoms with Crippen molar-refractivity contribution in [3.8, 4) is 11.3 Å². The first kappa shape index (κ1) is 20.2. The molecule has 0 unspecified atom stereocenters. The van der Waals surface area contributed by atoms with Crippen LogP contribution < -0.4 is 10.6 Å². The molecule has 0 spiro atoms. The molecule has 0 bridgehead atoms. The molecule has 0 aliphatic rings. The normalized spacial score (nSPS) is 10.3. The van der Waals surface area contributed by atoms with Crippen molar-refractivity contribution >= 4 is 39.5 Å². The number of halogens is 2. The summed E-state index contributed by atoms with van der Waals surface area (Å²) in [6.45, 7) is -0.698. The zero-order valence-electron chi connectivity index (χ0n) is 14.7. The van der Waals surface area contributed by atoms with Gasteiger partial charge in [0, 0.05) is 10.0 Å². The summed E-state index contributed by atoms with van der Waals surface area (Å²) in [5, 5.41) is 10.7. The van der Waals surface area contributed by atoms with Crippen LogP contribution in [0, 0.1) is 5.82 Å². The van der Waals surface area contributed by atoms with Crippen molar-refractivity contribution in [1.82, 2.24) is 15.5 Å². The number of rotatable bonds is 5. The van der Waals surface area contributed by atoms with Crippen LogP contribution in [0.1, 0.15) is 10.5 Å². The molecular formula is C19H14BrFN4O4. The standard InChI is InChI=1S/C19H14BrFN4O4/c20-12-7-5-11(6-8-12)15-9-16(25-24-15)18(27)29-10-17(26)23-19(28)22-14-4-2-1-3-13(14)21/h1-9H,10H2,(H,24,25)(H2,22,23,26,28). The zero-order chi connectivity index (χ0) is 20.8. The first-order chi connectivity index (χ1) is 13.9. The number of ether oxygens (including phenoxy) is 1. The Labute approximate surface area is 172 Å². The fraction of sp³-hybridized carbons (Fsp3) is 0.0526. The molecule has 3 rings (SSSR count). The van der Waals surface area contributed by atoms with Crippen LogP contribution >= 0.6 is 15.9 Å². The van der Waals surface area contributed by atoms with E-state index in [2.05, 4.69) is 31.4 Å². The van der Waals surface area contributed by atoms with Crippen LogP contribution in [-0.2, 0) is 9.53 Å². The summed E-state index contributed by atoms with van der Waals surface area (Å²) in [5.74, 6) is -2.34. The van der Waals surface area contributed by atoms with Crippen LogP contribution in [0.3, 0.4) is 0 Å². The monoisotopic (exact) mass is 460 g/mol. The van der Waals surface area contributed by atoms with Crippen molar-refractivity contribution in [3.05, 3.63) is 70.6 Å². The number of nitrogens with zero attached hydrogens (tertiary/aromatic N) is 1. The number of aromatic nitrogens is 2. The highest BCUT2D eigenvalue weighted by Gasteiger charge is 2.16. The van der Waals surface area contributed by atoms with E-state index in [0.29, 0.717) is 5.69 Å². The molecule has 3 N–H and O–H groups in total. The minimum atomic E-state index is -0.949. The maximum atomic E-state index is 13.5. The number of esters is 1. The molecule has 8 nitrogen and oxygen atoms in total. The SMILES string of the molecule is O=C(COC(=O)c1cc(-c2ccc(Br)cc2)n[nH]1)NC(=O)Nc1ccccc1F. The lowest BCUT2D eigenvalue weighted by Crippen LogP contribution is -2.37. The number of hydrogen-bond donors (Lipinski definition) is 3. The number of amides is 3. The van der Waals surface area contributed by atoms with Crippen molar-refractivity contribution in [1.29, 1.82) is 0 Å². The molecule has 3 amide bonds. The highest BCUT2D eigenvalue weighted by atomic mass is 79.9. The van der Waals surface area contributed by atoms with Crippen molar-refractivity contribution < 1.29 is 23.5 Å². The Morgan fingerprint density at radius 1 is 1.10 bits per heavy atom. The number of H-pyrrole nitrogens is 1. The van der Waals surface area contributed by atoms with Crippen LogP contribution in [0.2, 0.25) is 0 Å². The summed E-state index contributed by atoms with van der Waals surface area (Å²) < 4.78 is 19.2. The van der Waals surface area contributed by atoms with Gasteiger partial charge in [0.15, 0.2) is 6.61 Å². The number of benzene rings is 2. The molecule has 3 aromatic rings. The first-order valence-electron chi connectivity index (χ1n) is 8.26. The predicted molar refractivity (Wildman–Crippen MR) is 106 cm³/mol. The van der Waals surface area contributed by atoms with Crippen molar-refractivity contribution in [2.75, 3.05) is 11.9 Å². The van der Waals surface area contributed by atoms with Gasteiger partial charge in [-0.1, -0.05) is 40.2 Å². The summed E-state index contributed by atoms with van der Waals surface area (Å²) >= 11 is 3.33. The van der Waals surface area contributed by atoms with Gasteiger partial charge in [-0.05, 0) is 30.3 Å². The maximum absolute atomic E-state index is 13.5. The third-order valence-electron chi connectivity index (χ3n) is 3.65. The highest BCUT2D eigenvalue weighted by molar-refractivity contribution is 9.10. The number of carbonyl (C=O) groups is 3. The fourth-order valence-electron chi connectivity index (χ4n) is 2.28. The molecule has 0 radical (unpaired) electrons. The number of imide groups is 1. The number of nitrogens with one attached hydrogen (secondary N) is 3.